The minimum Gasteiger partial charge on any atom is -0.493 e. The number of hydrogen-bond acceptors (Lipinski definition) is 11. The Balaban J connectivity index is 1.24. The van der Waals surface area contributed by atoms with Gasteiger partial charge >= 0.3 is 0 Å². The molecule has 3 fully saturated rings. The zero-order chi connectivity index (χ0) is 25.0. The van der Waals surface area contributed by atoms with Gasteiger partial charge in [0, 0.05) is 5.56 Å². The van der Waals surface area contributed by atoms with Gasteiger partial charge in [0.05, 0.1) is 40.1 Å². The Labute approximate surface area is 204 Å². The minimum absolute atomic E-state index is 0.205. The van der Waals surface area contributed by atoms with E-state index < -0.39 is 30.3 Å². The van der Waals surface area contributed by atoms with Gasteiger partial charge in [-0.15, -0.1) is 0 Å². The first-order valence-corrected chi connectivity index (χ1v) is 11.6. The molecule has 11 nitrogen and oxygen atoms in total. The molecule has 194 valence electrons. The molecule has 0 saturated carbocycles. The molecular formula is C24H33NO10. The van der Waals surface area contributed by atoms with Crippen LogP contribution in [0.3, 0.4) is 0 Å². The zero-order valence-corrected chi connectivity index (χ0v) is 21.1. The van der Waals surface area contributed by atoms with E-state index in [1.807, 2.05) is 39.8 Å². The average molecular weight is 496 g/mol. The van der Waals surface area contributed by atoms with Gasteiger partial charge in [0.15, 0.2) is 29.4 Å². The summed E-state index contributed by atoms with van der Waals surface area (Å²) in [5.41, 5.74) is 1.49. The number of rotatable bonds is 7. The molecule has 1 unspecified atom stereocenters. The normalized spacial score (nSPS) is 34.5. The maximum Gasteiger partial charge on any atom is 0.232 e. The number of methoxy groups -OCH3 is 3. The molecule has 0 radical (unpaired) electrons. The molecule has 1 aromatic carbocycles. The molecule has 11 heteroatoms. The van der Waals surface area contributed by atoms with Gasteiger partial charge in [0.1, 0.15) is 24.4 Å². The molecule has 4 aliphatic rings. The number of fused-ring (bicyclic) bond motifs is 3. The van der Waals surface area contributed by atoms with E-state index >= 15 is 0 Å². The second-order valence-electron chi connectivity index (χ2n) is 9.73. The molecule has 3 saturated heterocycles. The van der Waals surface area contributed by atoms with Crippen LogP contribution in [-0.4, -0.2) is 82.2 Å². The van der Waals surface area contributed by atoms with Crippen LogP contribution in [-0.2, 0) is 33.3 Å². The highest BCUT2D eigenvalue weighted by atomic mass is 16.9. The summed E-state index contributed by atoms with van der Waals surface area (Å²) in [5.74, 6) is 0.0370. The lowest BCUT2D eigenvalue weighted by Gasteiger charge is -2.37. The summed E-state index contributed by atoms with van der Waals surface area (Å²) in [4.78, 5) is 5.56. The van der Waals surface area contributed by atoms with Crippen LogP contribution in [0.1, 0.15) is 39.7 Å². The van der Waals surface area contributed by atoms with Gasteiger partial charge in [0.2, 0.25) is 12.0 Å². The molecule has 0 amide bonds. The second kappa shape index (κ2) is 9.06. The standard InChI is InChI=1S/C24H33NO10/c1-23(2)31-19-16(30-22-21(20(19)32-23)33-24(3,4)34-22)11-29-17-10-13(25-35-17)12-8-14(26-5)18(28-7)15(9-12)27-6/h8-9,16-17,19-22H,10-11H2,1-7H3/t16-,17+,19+,20?,21-,22-/m1/s1. The van der Waals surface area contributed by atoms with E-state index in [0.29, 0.717) is 29.4 Å². The molecule has 6 atom stereocenters. The molecule has 0 N–H and O–H groups in total. The average Bonchev–Trinajstić information content (AvgIpc) is 3.50. The predicted octanol–water partition coefficient (Wildman–Crippen LogP) is 2.58. The summed E-state index contributed by atoms with van der Waals surface area (Å²) in [5, 5.41) is 4.22. The Morgan fingerprint density at radius 3 is 2.14 bits per heavy atom. The Hall–Kier alpha value is -2.15. The SMILES string of the molecule is COc1cc(C2=NO[C@H](OC[C@H]3O[C@@H]4OC(C)(C)O[C@@H]4C4OC(C)(C)O[C@H]43)C2)cc(OC)c1OC. The van der Waals surface area contributed by atoms with Crippen molar-refractivity contribution < 1.29 is 47.5 Å². The molecule has 35 heavy (non-hydrogen) atoms. The predicted molar refractivity (Wildman–Crippen MR) is 121 cm³/mol. The summed E-state index contributed by atoms with van der Waals surface area (Å²) >= 11 is 0. The lowest BCUT2D eigenvalue weighted by atomic mass is 9.99. The third-order valence-corrected chi connectivity index (χ3v) is 6.34. The van der Waals surface area contributed by atoms with Crippen LogP contribution < -0.4 is 14.2 Å². The molecule has 1 aromatic rings. The van der Waals surface area contributed by atoms with Crippen molar-refractivity contribution >= 4 is 5.71 Å². The van der Waals surface area contributed by atoms with Crippen molar-refractivity contribution in [1.82, 2.24) is 0 Å². The number of oxime groups is 1. The molecule has 0 aliphatic carbocycles. The summed E-state index contributed by atoms with van der Waals surface area (Å²) in [6.07, 6.45) is -2.26. The van der Waals surface area contributed by atoms with E-state index in [9.17, 15) is 0 Å². The van der Waals surface area contributed by atoms with Crippen molar-refractivity contribution in [1.29, 1.82) is 0 Å². The number of hydrogen-bond donors (Lipinski definition) is 0. The molecule has 0 aromatic heterocycles. The van der Waals surface area contributed by atoms with Gasteiger partial charge in [-0.2, -0.15) is 0 Å². The van der Waals surface area contributed by atoms with Crippen LogP contribution in [0.5, 0.6) is 17.2 Å². The van der Waals surface area contributed by atoms with Gasteiger partial charge in [-0.05, 0) is 39.8 Å². The first kappa shape index (κ1) is 24.5. The highest BCUT2D eigenvalue weighted by Crippen LogP contribution is 2.44. The molecule has 5 rings (SSSR count). The zero-order valence-electron chi connectivity index (χ0n) is 21.1. The van der Waals surface area contributed by atoms with Crippen LogP contribution in [0.15, 0.2) is 17.3 Å². The van der Waals surface area contributed by atoms with Crippen LogP contribution >= 0.6 is 0 Å². The van der Waals surface area contributed by atoms with Crippen LogP contribution in [0.4, 0.5) is 0 Å². The fourth-order valence-corrected chi connectivity index (χ4v) is 4.89. The maximum atomic E-state index is 6.19. The Morgan fingerprint density at radius 1 is 0.857 bits per heavy atom. The highest BCUT2D eigenvalue weighted by molar-refractivity contribution is 6.02. The third-order valence-electron chi connectivity index (χ3n) is 6.34. The summed E-state index contributed by atoms with van der Waals surface area (Å²) in [6, 6.07) is 3.65. The van der Waals surface area contributed by atoms with E-state index in [-0.39, 0.29) is 24.9 Å². The number of ether oxygens (including phenoxy) is 9. The largest absolute Gasteiger partial charge is 0.493 e. The Bertz CT molecular complexity index is 954. The Kier molecular flexibility index (Phi) is 6.35. The highest BCUT2D eigenvalue weighted by Gasteiger charge is 2.60. The van der Waals surface area contributed by atoms with E-state index in [2.05, 4.69) is 5.16 Å². The molecule has 4 aliphatic heterocycles. The summed E-state index contributed by atoms with van der Waals surface area (Å²) < 4.78 is 52.8. The second-order valence-corrected chi connectivity index (χ2v) is 9.73. The van der Waals surface area contributed by atoms with Crippen molar-refractivity contribution in [2.45, 2.75) is 82.7 Å². The van der Waals surface area contributed by atoms with Crippen molar-refractivity contribution in [3.8, 4) is 17.2 Å². The van der Waals surface area contributed by atoms with Gasteiger partial charge < -0.3 is 47.5 Å². The minimum atomic E-state index is -0.774. The van der Waals surface area contributed by atoms with Crippen LogP contribution in [0.2, 0.25) is 0 Å². The maximum absolute atomic E-state index is 6.19. The number of benzene rings is 1. The Morgan fingerprint density at radius 2 is 1.49 bits per heavy atom. The van der Waals surface area contributed by atoms with Crippen molar-refractivity contribution in [2.75, 3.05) is 27.9 Å². The summed E-state index contributed by atoms with van der Waals surface area (Å²) in [6.45, 7) is 7.65. The fraction of sp³-hybridized carbons (Fsp3) is 0.708. The first-order chi connectivity index (χ1) is 16.6. The van der Waals surface area contributed by atoms with Gasteiger partial charge in [-0.25, -0.2) is 0 Å². The molecule has 0 spiro atoms. The van der Waals surface area contributed by atoms with Crippen LogP contribution in [0.25, 0.3) is 0 Å². The number of nitrogens with zero attached hydrogens (tertiary/aromatic N) is 1. The smallest absolute Gasteiger partial charge is 0.232 e. The van der Waals surface area contributed by atoms with Gasteiger partial charge in [-0.1, -0.05) is 5.16 Å². The quantitative estimate of drug-likeness (QED) is 0.560. The van der Waals surface area contributed by atoms with E-state index in [4.69, 9.17) is 47.5 Å². The van der Waals surface area contributed by atoms with E-state index in [0.717, 1.165) is 5.56 Å². The van der Waals surface area contributed by atoms with Crippen molar-refractivity contribution in [3.63, 3.8) is 0 Å². The molecular weight excluding hydrogens is 462 g/mol. The topological polar surface area (TPSA) is 105 Å². The lowest BCUT2D eigenvalue weighted by molar-refractivity contribution is -0.254. The van der Waals surface area contributed by atoms with Crippen LogP contribution in [0, 0.1) is 0 Å². The van der Waals surface area contributed by atoms with Gasteiger partial charge in [0.25, 0.3) is 0 Å². The third kappa shape index (κ3) is 4.68. The van der Waals surface area contributed by atoms with Crippen molar-refractivity contribution in [2.24, 2.45) is 5.16 Å². The summed E-state index contributed by atoms with van der Waals surface area (Å²) in [7, 11) is 4.70. The molecule has 4 heterocycles. The van der Waals surface area contributed by atoms with Crippen molar-refractivity contribution in [3.05, 3.63) is 17.7 Å². The fourth-order valence-electron chi connectivity index (χ4n) is 4.89. The van der Waals surface area contributed by atoms with Gasteiger partial charge in [-0.3, -0.25) is 0 Å². The van der Waals surface area contributed by atoms with E-state index in [1.165, 1.54) is 0 Å². The molecule has 0 bridgehead atoms. The lowest BCUT2D eigenvalue weighted by Crippen LogP contribution is -2.56. The first-order valence-electron chi connectivity index (χ1n) is 11.6. The van der Waals surface area contributed by atoms with E-state index in [1.54, 1.807) is 21.3 Å². The monoisotopic (exact) mass is 495 g/mol.